The summed E-state index contributed by atoms with van der Waals surface area (Å²) in [5.41, 5.74) is -4.15. The molecule has 3 aliphatic rings. The maximum atomic E-state index is 14.5. The standard InChI is InChI=1S/C41H32O27/c42-15-1-10(2-16(43)26(15)51)35(56)62-9-22-31-33(66-36(57)11-3-17(44)27(52)18(45)4-11)34(41(63-22)68-37(58)12-5-19(46)28(53)20(47)6-12)67-38(59)13-7-21(48)29(54)32-25(13)24(30(55)40(61)65-32)14(8-23(49)50)39(60)64-31/h1-7,14,22,24,30-31,33-34,41-48,51-55H,8-9H2,(H,49,50)/t14-,22-,24-,30-,31+,33+,34+,41+/m0/s1. The van der Waals surface area contributed by atoms with E-state index in [1.807, 2.05) is 0 Å². The molecule has 0 aromatic heterocycles. The van der Waals surface area contributed by atoms with E-state index >= 15 is 0 Å². The third-order valence-corrected chi connectivity index (χ3v) is 10.6. The van der Waals surface area contributed by atoms with Gasteiger partial charge in [0.15, 0.2) is 81.6 Å². The summed E-state index contributed by atoms with van der Waals surface area (Å²) in [5.74, 6) is -29.8. The topological polar surface area (TPSA) is 447 Å². The average molecular weight is 957 g/mol. The predicted molar refractivity (Wildman–Crippen MR) is 207 cm³/mol. The number of carboxylic acids is 1. The molecule has 68 heavy (non-hydrogen) atoms. The lowest BCUT2D eigenvalue weighted by Gasteiger charge is -2.44. The zero-order chi connectivity index (χ0) is 49.8. The van der Waals surface area contributed by atoms with Gasteiger partial charge in [-0.25, -0.2) is 24.0 Å². The van der Waals surface area contributed by atoms with Crippen LogP contribution in [0.1, 0.15) is 59.3 Å². The number of hydrogen-bond donors (Lipinski definition) is 13. The maximum Gasteiger partial charge on any atom is 0.341 e. The number of esters is 6. The first-order valence-electron chi connectivity index (χ1n) is 19.1. The highest BCUT2D eigenvalue weighted by atomic mass is 16.7. The van der Waals surface area contributed by atoms with E-state index < -0.39 is 200 Å². The van der Waals surface area contributed by atoms with Crippen molar-refractivity contribution >= 4 is 41.8 Å². The van der Waals surface area contributed by atoms with Crippen LogP contribution in [-0.2, 0) is 42.8 Å². The second-order valence-electron chi connectivity index (χ2n) is 14.9. The van der Waals surface area contributed by atoms with Crippen LogP contribution in [0.3, 0.4) is 0 Å². The Morgan fingerprint density at radius 3 is 1.54 bits per heavy atom. The Kier molecular flexibility index (Phi) is 12.2. The number of rotatable bonds is 9. The van der Waals surface area contributed by atoms with Crippen molar-refractivity contribution < 1.29 is 133 Å². The third kappa shape index (κ3) is 8.58. The number of aromatic hydroxyl groups is 11. The van der Waals surface area contributed by atoms with E-state index in [9.17, 15) is 99.9 Å². The Labute approximate surface area is 375 Å². The Morgan fingerprint density at radius 2 is 1.04 bits per heavy atom. The molecule has 3 heterocycles. The van der Waals surface area contributed by atoms with Crippen molar-refractivity contribution in [1.29, 1.82) is 0 Å². The van der Waals surface area contributed by atoms with Crippen LogP contribution in [0.25, 0.3) is 0 Å². The second-order valence-corrected chi connectivity index (χ2v) is 14.9. The van der Waals surface area contributed by atoms with Crippen LogP contribution in [0.15, 0.2) is 42.5 Å². The lowest BCUT2D eigenvalue weighted by atomic mass is 9.76. The second kappa shape index (κ2) is 17.7. The van der Waals surface area contributed by atoms with E-state index in [-0.39, 0.29) is 0 Å². The van der Waals surface area contributed by atoms with Crippen molar-refractivity contribution in [2.24, 2.45) is 5.92 Å². The minimum absolute atomic E-state index is 0.449. The summed E-state index contributed by atoms with van der Waals surface area (Å²) in [6.45, 7) is -1.28. The molecule has 0 aliphatic carbocycles. The fourth-order valence-corrected chi connectivity index (χ4v) is 7.37. The molecule has 2 bridgehead atoms. The number of carbonyl (C=O) groups is 7. The van der Waals surface area contributed by atoms with Crippen molar-refractivity contribution in [3.63, 3.8) is 0 Å². The maximum absolute atomic E-state index is 14.5. The molecule has 13 N–H and O–H groups in total. The number of fused-ring (bicyclic) bond motifs is 2. The molecule has 4 aromatic rings. The van der Waals surface area contributed by atoms with Crippen molar-refractivity contribution in [3.8, 4) is 69.0 Å². The number of ether oxygens (including phenoxy) is 7. The van der Waals surface area contributed by atoms with Gasteiger partial charge in [-0.05, 0) is 42.5 Å². The van der Waals surface area contributed by atoms with Gasteiger partial charge in [-0.2, -0.15) is 0 Å². The number of aliphatic hydroxyl groups excluding tert-OH is 1. The summed E-state index contributed by atoms with van der Waals surface area (Å²) in [4.78, 5) is 95.4. The molecular formula is C41H32O27. The van der Waals surface area contributed by atoms with Crippen LogP contribution in [0.5, 0.6) is 69.0 Å². The van der Waals surface area contributed by atoms with E-state index in [0.29, 0.717) is 42.5 Å². The van der Waals surface area contributed by atoms with Crippen molar-refractivity contribution in [2.75, 3.05) is 6.61 Å². The van der Waals surface area contributed by atoms with Gasteiger partial charge in [-0.15, -0.1) is 0 Å². The number of phenolic OH excluding ortho intramolecular Hbond substituents is 11. The van der Waals surface area contributed by atoms with Gasteiger partial charge in [-0.3, -0.25) is 9.59 Å². The number of aliphatic carboxylic acids is 1. The summed E-state index contributed by atoms with van der Waals surface area (Å²) in [5, 5.41) is 133. The summed E-state index contributed by atoms with van der Waals surface area (Å²) < 4.78 is 38.6. The summed E-state index contributed by atoms with van der Waals surface area (Å²) >= 11 is 0. The molecule has 1 saturated heterocycles. The van der Waals surface area contributed by atoms with Gasteiger partial charge in [0.25, 0.3) is 0 Å². The van der Waals surface area contributed by atoms with Gasteiger partial charge in [0.2, 0.25) is 18.1 Å². The molecule has 3 aliphatic heterocycles. The van der Waals surface area contributed by atoms with E-state index in [2.05, 4.69) is 0 Å². The molecule has 0 unspecified atom stereocenters. The molecule has 0 amide bonds. The fraction of sp³-hybridized carbons (Fsp3) is 0.244. The van der Waals surface area contributed by atoms with Crippen LogP contribution in [0.2, 0.25) is 0 Å². The summed E-state index contributed by atoms with van der Waals surface area (Å²) in [6, 6.07) is 3.84. The van der Waals surface area contributed by atoms with Crippen LogP contribution in [-0.4, -0.2) is 152 Å². The summed E-state index contributed by atoms with van der Waals surface area (Å²) in [6.07, 6.45) is -16.3. The highest BCUT2D eigenvalue weighted by Crippen LogP contribution is 2.51. The number of aliphatic hydroxyl groups is 1. The van der Waals surface area contributed by atoms with Crippen molar-refractivity contribution in [1.82, 2.24) is 0 Å². The Bertz CT molecular complexity index is 2750. The Morgan fingerprint density at radius 1 is 0.574 bits per heavy atom. The molecule has 4 aromatic carbocycles. The molecule has 7 rings (SSSR count). The van der Waals surface area contributed by atoms with E-state index in [0.717, 1.165) is 0 Å². The first kappa shape index (κ1) is 46.9. The zero-order valence-corrected chi connectivity index (χ0v) is 33.6. The van der Waals surface area contributed by atoms with Crippen LogP contribution in [0, 0.1) is 5.92 Å². The quantitative estimate of drug-likeness (QED) is 0.0455. The lowest BCUT2D eigenvalue weighted by molar-refractivity contribution is -0.287. The van der Waals surface area contributed by atoms with E-state index in [1.165, 1.54) is 0 Å². The molecule has 0 radical (unpaired) electrons. The largest absolute Gasteiger partial charge is 0.504 e. The zero-order valence-electron chi connectivity index (χ0n) is 33.6. The average Bonchev–Trinajstić information content (AvgIpc) is 3.28. The van der Waals surface area contributed by atoms with Gasteiger partial charge in [-0.1, -0.05) is 0 Å². The molecule has 358 valence electrons. The Balaban J connectivity index is 1.44. The van der Waals surface area contributed by atoms with Gasteiger partial charge in [0.1, 0.15) is 12.7 Å². The van der Waals surface area contributed by atoms with E-state index in [1.54, 1.807) is 0 Å². The van der Waals surface area contributed by atoms with Gasteiger partial charge in [0, 0.05) is 11.5 Å². The number of carbonyl (C=O) groups excluding carboxylic acids is 6. The van der Waals surface area contributed by atoms with E-state index in [4.69, 9.17) is 33.2 Å². The third-order valence-electron chi connectivity index (χ3n) is 10.6. The van der Waals surface area contributed by atoms with Crippen LogP contribution in [0.4, 0.5) is 0 Å². The smallest absolute Gasteiger partial charge is 0.341 e. The highest BCUT2D eigenvalue weighted by molar-refractivity contribution is 5.98. The molecule has 8 atom stereocenters. The Hall–Kier alpha value is -9.11. The first-order chi connectivity index (χ1) is 32.0. The molecule has 1 fully saturated rings. The van der Waals surface area contributed by atoms with Gasteiger partial charge in [0.05, 0.1) is 34.6 Å². The normalized spacial score (nSPS) is 23.0. The van der Waals surface area contributed by atoms with Crippen molar-refractivity contribution in [3.05, 3.63) is 70.3 Å². The van der Waals surface area contributed by atoms with Crippen LogP contribution >= 0.6 is 0 Å². The number of hydrogen-bond acceptors (Lipinski definition) is 26. The highest BCUT2D eigenvalue weighted by Gasteiger charge is 2.57. The number of phenols is 11. The van der Waals surface area contributed by atoms with Crippen LogP contribution < -0.4 is 4.74 Å². The SMILES string of the molecule is O=C(O)C[C@@H]1C(=O)O[C@H]2[C@@H](OC(=O)c3cc(O)c(O)c(O)c3)[C@@H](OC(=O)c3cc(O)c(O)c4c3[C@H]1[C@H](O)C(=O)O4)[C@@H](OC(=O)c1cc(O)c(O)c(O)c1)O[C@H]2COC(=O)c1cc(O)c(O)c(O)c1. The molecule has 0 spiro atoms. The fourth-order valence-electron chi connectivity index (χ4n) is 7.37. The monoisotopic (exact) mass is 956 g/mol. The molecule has 27 heteroatoms. The number of carboxylic acid groups (broad SMARTS) is 1. The number of benzene rings is 4. The first-order valence-corrected chi connectivity index (χ1v) is 19.1. The predicted octanol–water partition coefficient (Wildman–Crippen LogP) is 0.0179. The van der Waals surface area contributed by atoms with Gasteiger partial charge < -0.3 is 99.5 Å². The summed E-state index contributed by atoms with van der Waals surface area (Å²) in [7, 11) is 0. The molecular weight excluding hydrogens is 924 g/mol. The minimum Gasteiger partial charge on any atom is -0.504 e. The van der Waals surface area contributed by atoms with Gasteiger partial charge >= 0.3 is 41.8 Å². The minimum atomic E-state index is -2.57. The lowest BCUT2D eigenvalue weighted by Crippen LogP contribution is -2.63. The molecule has 0 saturated carbocycles. The molecule has 27 nitrogen and oxygen atoms in total. The van der Waals surface area contributed by atoms with Crippen molar-refractivity contribution in [2.45, 2.75) is 49.1 Å².